The van der Waals surface area contributed by atoms with Crippen LogP contribution in [-0.2, 0) is 0 Å². The second-order valence-corrected chi connectivity index (χ2v) is 14.1. The van der Waals surface area contributed by atoms with Crippen LogP contribution < -0.4 is 15.6 Å². The van der Waals surface area contributed by atoms with Crippen molar-refractivity contribution in [3.8, 4) is 0 Å². The van der Waals surface area contributed by atoms with E-state index < -0.39 is 8.07 Å². The highest BCUT2D eigenvalue weighted by Crippen LogP contribution is 2.38. The van der Waals surface area contributed by atoms with Crippen LogP contribution in [0.4, 0.5) is 0 Å². The number of hydrogen-bond donors (Lipinski definition) is 0. The Balaban J connectivity index is 2.22. The largest absolute Gasteiger partial charge is 0.159 e. The summed E-state index contributed by atoms with van der Waals surface area (Å²) in [6.45, 7) is 18.1. The third-order valence-corrected chi connectivity index (χ3v) is 12.3. The fraction of sp³-hybridized carbons (Fsp3) is 0.290. The van der Waals surface area contributed by atoms with Gasteiger partial charge in [0.15, 0.2) is 8.07 Å². The van der Waals surface area contributed by atoms with E-state index in [9.17, 15) is 0 Å². The minimum Gasteiger partial charge on any atom is -0.0788 e. The van der Waals surface area contributed by atoms with E-state index >= 15 is 0 Å². The molecule has 4 rings (SSSR count). The molecule has 1 aliphatic carbocycles. The SMILES string of the molecule is CC1=C(C)C([Si](c2cc(C)cc(C)c2)(c2cc(C)cc(C)c2)c2cc(C)cc(C)c2)C=C1. The van der Waals surface area contributed by atoms with Crippen molar-refractivity contribution in [3.05, 3.63) is 111 Å². The van der Waals surface area contributed by atoms with E-state index in [2.05, 4.69) is 122 Å². The molecule has 0 radical (unpaired) electrons. The predicted octanol–water partition coefficient (Wildman–Crippen LogP) is 6.28. The van der Waals surface area contributed by atoms with Crippen molar-refractivity contribution in [2.75, 3.05) is 0 Å². The molecule has 3 aromatic rings. The Morgan fingerprint density at radius 2 is 0.781 bits per heavy atom. The molecule has 0 N–H and O–H groups in total. The zero-order valence-electron chi connectivity index (χ0n) is 20.9. The van der Waals surface area contributed by atoms with Crippen LogP contribution in [0.1, 0.15) is 47.2 Å². The molecule has 0 fully saturated rings. The molecule has 0 bridgehead atoms. The Morgan fingerprint density at radius 3 is 1.03 bits per heavy atom. The number of hydrogen-bond acceptors (Lipinski definition) is 0. The van der Waals surface area contributed by atoms with Crippen LogP contribution in [-0.4, -0.2) is 8.07 Å². The topological polar surface area (TPSA) is 0 Å². The van der Waals surface area contributed by atoms with Gasteiger partial charge in [0.25, 0.3) is 0 Å². The lowest BCUT2D eigenvalue weighted by molar-refractivity contribution is 1.17. The molecule has 1 atom stereocenters. The maximum atomic E-state index is 2.50. The lowest BCUT2D eigenvalue weighted by Gasteiger charge is -2.40. The van der Waals surface area contributed by atoms with Crippen LogP contribution in [0.2, 0.25) is 5.54 Å². The zero-order chi connectivity index (χ0) is 23.2. The molecule has 0 aromatic heterocycles. The summed E-state index contributed by atoms with van der Waals surface area (Å²) in [4.78, 5) is 0. The lowest BCUT2D eigenvalue weighted by Crippen LogP contribution is -2.70. The standard InChI is InChI=1S/C31H36Si/c1-20-11-21(2)15-28(14-20)32(31-10-9-26(7)27(31)8,29-16-22(3)12-23(4)17-29)30-18-24(5)13-25(6)19-30/h9-19,31H,1-8H3. The van der Waals surface area contributed by atoms with Crippen molar-refractivity contribution in [2.24, 2.45) is 0 Å². The van der Waals surface area contributed by atoms with E-state index in [1.54, 1.807) is 0 Å². The number of rotatable bonds is 4. The van der Waals surface area contributed by atoms with Gasteiger partial charge < -0.3 is 0 Å². The van der Waals surface area contributed by atoms with E-state index in [1.807, 2.05) is 0 Å². The van der Waals surface area contributed by atoms with Crippen molar-refractivity contribution in [2.45, 2.75) is 60.9 Å². The fourth-order valence-corrected chi connectivity index (χ4v) is 11.9. The van der Waals surface area contributed by atoms with E-state index in [0.717, 1.165) is 0 Å². The Hall–Kier alpha value is -2.64. The van der Waals surface area contributed by atoms with Gasteiger partial charge in [-0.05, 0) is 71.0 Å². The van der Waals surface area contributed by atoms with Crippen molar-refractivity contribution in [1.82, 2.24) is 0 Å². The maximum Gasteiger partial charge on any atom is 0.159 e. The number of allylic oxidation sites excluding steroid dienone is 4. The van der Waals surface area contributed by atoms with Gasteiger partial charge in [0.2, 0.25) is 0 Å². The van der Waals surface area contributed by atoms with Crippen molar-refractivity contribution in [3.63, 3.8) is 0 Å². The van der Waals surface area contributed by atoms with E-state index in [-0.39, 0.29) is 0 Å². The summed E-state index contributed by atoms with van der Waals surface area (Å²) in [7, 11) is -2.43. The van der Waals surface area contributed by atoms with Crippen LogP contribution in [0.5, 0.6) is 0 Å². The van der Waals surface area contributed by atoms with Gasteiger partial charge in [0, 0.05) is 5.54 Å². The van der Waals surface area contributed by atoms with Crippen LogP contribution >= 0.6 is 0 Å². The predicted molar refractivity (Wildman–Crippen MR) is 144 cm³/mol. The van der Waals surface area contributed by atoms with E-state index in [1.165, 1.54) is 60.1 Å². The summed E-state index contributed by atoms with van der Waals surface area (Å²) in [6.07, 6.45) is 4.86. The van der Waals surface area contributed by atoms with Crippen LogP contribution in [0.3, 0.4) is 0 Å². The first-order valence-corrected chi connectivity index (χ1v) is 13.8. The highest BCUT2D eigenvalue weighted by molar-refractivity contribution is 7.13. The average Bonchev–Trinajstić information content (AvgIpc) is 3.00. The summed E-state index contributed by atoms with van der Waals surface area (Å²) < 4.78 is 0. The van der Waals surface area contributed by atoms with Crippen LogP contribution in [0.15, 0.2) is 77.9 Å². The Morgan fingerprint density at radius 1 is 0.469 bits per heavy atom. The minimum absolute atomic E-state index is 0.408. The van der Waals surface area contributed by atoms with Crippen LogP contribution in [0, 0.1) is 41.5 Å². The molecule has 3 aromatic carbocycles. The van der Waals surface area contributed by atoms with Gasteiger partial charge >= 0.3 is 0 Å². The smallest absolute Gasteiger partial charge is 0.0788 e. The molecule has 1 heteroatoms. The second kappa shape index (κ2) is 8.37. The van der Waals surface area contributed by atoms with Crippen molar-refractivity contribution in [1.29, 1.82) is 0 Å². The van der Waals surface area contributed by atoms with Gasteiger partial charge in [-0.3, -0.25) is 0 Å². The van der Waals surface area contributed by atoms with Crippen molar-refractivity contribution >= 4 is 23.6 Å². The molecule has 32 heavy (non-hydrogen) atoms. The zero-order valence-corrected chi connectivity index (χ0v) is 21.9. The van der Waals surface area contributed by atoms with Gasteiger partial charge in [-0.1, -0.05) is 111 Å². The minimum atomic E-state index is -2.43. The van der Waals surface area contributed by atoms with Gasteiger partial charge in [-0.2, -0.15) is 0 Å². The Kier molecular flexibility index (Phi) is 5.90. The Labute approximate surface area is 195 Å². The molecule has 1 unspecified atom stereocenters. The number of benzene rings is 3. The van der Waals surface area contributed by atoms with Crippen LogP contribution in [0.25, 0.3) is 0 Å². The molecule has 0 nitrogen and oxygen atoms in total. The lowest BCUT2D eigenvalue weighted by atomic mass is 10.1. The third-order valence-electron chi connectivity index (χ3n) is 7.12. The molecule has 0 heterocycles. The molecule has 0 saturated heterocycles. The van der Waals surface area contributed by atoms with Gasteiger partial charge in [0.1, 0.15) is 0 Å². The quantitative estimate of drug-likeness (QED) is 0.333. The molecular weight excluding hydrogens is 400 g/mol. The molecular formula is C31H36Si. The fourth-order valence-electron chi connectivity index (χ4n) is 5.88. The summed E-state index contributed by atoms with van der Waals surface area (Å²) in [5, 5.41) is 4.57. The number of aryl methyl sites for hydroxylation is 6. The normalized spacial score (nSPS) is 16.2. The monoisotopic (exact) mass is 436 g/mol. The van der Waals surface area contributed by atoms with E-state index in [0.29, 0.717) is 5.54 Å². The average molecular weight is 437 g/mol. The first kappa shape index (κ1) is 22.5. The van der Waals surface area contributed by atoms with E-state index in [4.69, 9.17) is 0 Å². The molecule has 164 valence electrons. The summed E-state index contributed by atoms with van der Waals surface area (Å²) >= 11 is 0. The first-order valence-electron chi connectivity index (χ1n) is 11.7. The summed E-state index contributed by atoms with van der Waals surface area (Å²) in [5.74, 6) is 0. The highest BCUT2D eigenvalue weighted by Gasteiger charge is 2.48. The second-order valence-electron chi connectivity index (χ2n) is 10.1. The third kappa shape index (κ3) is 3.84. The maximum absolute atomic E-state index is 2.50. The van der Waals surface area contributed by atoms with Gasteiger partial charge in [-0.25, -0.2) is 0 Å². The molecule has 0 saturated carbocycles. The highest BCUT2D eigenvalue weighted by atomic mass is 28.3. The summed E-state index contributed by atoms with van der Waals surface area (Å²) in [6, 6.07) is 21.8. The molecule has 0 amide bonds. The molecule has 0 spiro atoms. The Bertz CT molecular complexity index is 1070. The molecule has 1 aliphatic rings. The van der Waals surface area contributed by atoms with Gasteiger partial charge in [-0.15, -0.1) is 0 Å². The van der Waals surface area contributed by atoms with Crippen molar-refractivity contribution < 1.29 is 0 Å². The molecule has 0 aliphatic heterocycles. The first-order chi connectivity index (χ1) is 15.1. The van der Waals surface area contributed by atoms with Gasteiger partial charge in [0.05, 0.1) is 0 Å². The summed E-state index contributed by atoms with van der Waals surface area (Å²) in [5.41, 5.74) is 11.5.